The highest BCUT2D eigenvalue weighted by molar-refractivity contribution is 5.80. The van der Waals surface area contributed by atoms with Crippen molar-refractivity contribution in [3.63, 3.8) is 0 Å². The second-order valence-electron chi connectivity index (χ2n) is 3.38. The van der Waals surface area contributed by atoms with E-state index >= 15 is 0 Å². The first-order valence-corrected chi connectivity index (χ1v) is 5.11. The van der Waals surface area contributed by atoms with Crippen molar-refractivity contribution in [1.82, 2.24) is 5.32 Å². The molecule has 0 fully saturated rings. The molecule has 1 aromatic carbocycles. The molecule has 1 N–H and O–H groups in total. The lowest BCUT2D eigenvalue weighted by Crippen LogP contribution is -2.38. The van der Waals surface area contributed by atoms with E-state index in [1.54, 1.807) is 0 Å². The van der Waals surface area contributed by atoms with Crippen LogP contribution in [0, 0.1) is 0 Å². The van der Waals surface area contributed by atoms with Gasteiger partial charge in [0.1, 0.15) is 0 Å². The summed E-state index contributed by atoms with van der Waals surface area (Å²) in [5, 5.41) is 2.79. The van der Waals surface area contributed by atoms with Gasteiger partial charge in [-0.2, -0.15) is 0 Å². The number of methoxy groups -OCH3 is 2. The van der Waals surface area contributed by atoms with E-state index in [1.807, 2.05) is 30.3 Å². The Hall–Kier alpha value is -1.39. The average molecular weight is 223 g/mol. The first-order valence-electron chi connectivity index (χ1n) is 5.11. The van der Waals surface area contributed by atoms with Gasteiger partial charge in [-0.15, -0.1) is 0 Å². The van der Waals surface area contributed by atoms with Crippen LogP contribution in [0.3, 0.4) is 0 Å². The fraction of sp³-hybridized carbons (Fsp3) is 0.417. The van der Waals surface area contributed by atoms with E-state index in [9.17, 15) is 4.79 Å². The van der Waals surface area contributed by atoms with Crippen LogP contribution in [0.4, 0.5) is 0 Å². The smallest absolute Gasteiger partial charge is 0.251 e. The Labute approximate surface area is 95.6 Å². The predicted octanol–water partition coefficient (Wildman–Crippen LogP) is 0.964. The normalized spacial score (nSPS) is 12.1. The third-order valence-electron chi connectivity index (χ3n) is 2.20. The van der Waals surface area contributed by atoms with E-state index in [1.165, 1.54) is 14.2 Å². The highest BCUT2D eigenvalue weighted by Gasteiger charge is 2.16. The van der Waals surface area contributed by atoms with Crippen molar-refractivity contribution in [3.8, 4) is 0 Å². The Kier molecular flexibility index (Phi) is 5.53. The van der Waals surface area contributed by atoms with Gasteiger partial charge in [-0.25, -0.2) is 0 Å². The predicted molar refractivity (Wildman–Crippen MR) is 61.0 cm³/mol. The lowest BCUT2D eigenvalue weighted by Gasteiger charge is -2.14. The topological polar surface area (TPSA) is 47.6 Å². The van der Waals surface area contributed by atoms with E-state index in [-0.39, 0.29) is 12.5 Å². The lowest BCUT2D eigenvalue weighted by atomic mass is 10.2. The van der Waals surface area contributed by atoms with Crippen LogP contribution >= 0.6 is 0 Å². The zero-order valence-corrected chi connectivity index (χ0v) is 9.60. The first-order chi connectivity index (χ1) is 7.77. The summed E-state index contributed by atoms with van der Waals surface area (Å²) in [5.74, 6) is -0.159. The highest BCUT2D eigenvalue weighted by Crippen LogP contribution is 1.98. The number of benzene rings is 1. The van der Waals surface area contributed by atoms with E-state index in [4.69, 9.17) is 9.47 Å². The first kappa shape index (κ1) is 12.7. The van der Waals surface area contributed by atoms with Crippen LogP contribution in [0.25, 0.3) is 0 Å². The number of carbonyl (C=O) groups is 1. The summed E-state index contributed by atoms with van der Waals surface area (Å²) in [7, 11) is 3.03. The molecule has 0 aliphatic heterocycles. The number of hydrogen-bond donors (Lipinski definition) is 1. The fourth-order valence-electron chi connectivity index (χ4n) is 1.30. The van der Waals surface area contributed by atoms with Gasteiger partial charge in [-0.3, -0.25) is 4.79 Å². The van der Waals surface area contributed by atoms with Crippen molar-refractivity contribution in [1.29, 1.82) is 0 Å². The summed E-state index contributed by atoms with van der Waals surface area (Å²) in [6, 6.07) is 9.72. The van der Waals surface area contributed by atoms with E-state index in [2.05, 4.69) is 5.32 Å². The molecule has 1 atom stereocenters. The number of amides is 1. The zero-order valence-electron chi connectivity index (χ0n) is 9.60. The Morgan fingerprint density at radius 1 is 1.31 bits per heavy atom. The van der Waals surface area contributed by atoms with Gasteiger partial charge in [0.2, 0.25) is 0 Å². The van der Waals surface area contributed by atoms with E-state index < -0.39 is 6.10 Å². The van der Waals surface area contributed by atoms with Crippen molar-refractivity contribution in [2.45, 2.75) is 12.6 Å². The molecule has 16 heavy (non-hydrogen) atoms. The molecule has 4 heteroatoms. The third kappa shape index (κ3) is 4.00. The standard InChI is InChI=1S/C12H17NO3/c1-15-9-11(16-2)12(14)13-8-10-6-4-3-5-7-10/h3-7,11H,8-9H2,1-2H3,(H,13,14)/t11-/m0/s1. The van der Waals surface area contributed by atoms with Gasteiger partial charge >= 0.3 is 0 Å². The van der Waals surface area contributed by atoms with Gasteiger partial charge in [-0.05, 0) is 5.56 Å². The maximum absolute atomic E-state index is 11.6. The Bertz CT molecular complexity index is 313. The van der Waals surface area contributed by atoms with E-state index in [0.29, 0.717) is 6.54 Å². The summed E-state index contributed by atoms with van der Waals surface area (Å²) >= 11 is 0. The largest absolute Gasteiger partial charge is 0.381 e. The van der Waals surface area contributed by atoms with Crippen LogP contribution in [0.1, 0.15) is 5.56 Å². The van der Waals surface area contributed by atoms with Gasteiger partial charge in [-0.1, -0.05) is 30.3 Å². The number of hydrogen-bond acceptors (Lipinski definition) is 3. The molecule has 0 aliphatic rings. The highest BCUT2D eigenvalue weighted by atomic mass is 16.5. The molecular weight excluding hydrogens is 206 g/mol. The van der Waals surface area contributed by atoms with Crippen LogP contribution in [-0.4, -0.2) is 32.8 Å². The molecule has 1 rings (SSSR count). The summed E-state index contributed by atoms with van der Waals surface area (Å²) in [5.41, 5.74) is 1.06. The molecule has 88 valence electrons. The number of ether oxygens (including phenoxy) is 2. The van der Waals surface area contributed by atoms with Gasteiger partial charge in [0, 0.05) is 20.8 Å². The Morgan fingerprint density at radius 3 is 2.56 bits per heavy atom. The van der Waals surface area contributed by atoms with Crippen molar-refractivity contribution in [3.05, 3.63) is 35.9 Å². The van der Waals surface area contributed by atoms with Gasteiger partial charge in [0.15, 0.2) is 6.10 Å². The maximum atomic E-state index is 11.6. The second kappa shape index (κ2) is 6.98. The van der Waals surface area contributed by atoms with Crippen LogP contribution in [-0.2, 0) is 20.8 Å². The molecular formula is C12H17NO3. The van der Waals surface area contributed by atoms with E-state index in [0.717, 1.165) is 5.56 Å². The molecule has 0 aromatic heterocycles. The SMILES string of the molecule is COC[C@H](OC)C(=O)NCc1ccccc1. The summed E-state index contributed by atoms with van der Waals surface area (Å²) in [6.45, 7) is 0.764. The molecule has 0 saturated carbocycles. The number of carbonyl (C=O) groups excluding carboxylic acids is 1. The van der Waals surface area contributed by atoms with Crippen LogP contribution in [0.2, 0.25) is 0 Å². The molecule has 0 heterocycles. The third-order valence-corrected chi connectivity index (χ3v) is 2.20. The number of rotatable bonds is 6. The van der Waals surface area contributed by atoms with Crippen LogP contribution < -0.4 is 5.32 Å². The zero-order chi connectivity index (χ0) is 11.8. The molecule has 4 nitrogen and oxygen atoms in total. The van der Waals surface area contributed by atoms with Crippen LogP contribution in [0.15, 0.2) is 30.3 Å². The molecule has 0 saturated heterocycles. The van der Waals surface area contributed by atoms with Crippen molar-refractivity contribution < 1.29 is 14.3 Å². The lowest BCUT2D eigenvalue weighted by molar-refractivity contribution is -0.134. The van der Waals surface area contributed by atoms with Crippen molar-refractivity contribution in [2.75, 3.05) is 20.8 Å². The van der Waals surface area contributed by atoms with Crippen molar-refractivity contribution >= 4 is 5.91 Å². The van der Waals surface area contributed by atoms with Crippen LogP contribution in [0.5, 0.6) is 0 Å². The van der Waals surface area contributed by atoms with Gasteiger partial charge < -0.3 is 14.8 Å². The minimum atomic E-state index is -0.547. The summed E-state index contributed by atoms with van der Waals surface area (Å²) in [4.78, 5) is 11.6. The molecule has 1 aromatic rings. The minimum absolute atomic E-state index is 0.159. The number of nitrogens with one attached hydrogen (secondary N) is 1. The van der Waals surface area contributed by atoms with Gasteiger partial charge in [0.05, 0.1) is 6.61 Å². The molecule has 0 radical (unpaired) electrons. The quantitative estimate of drug-likeness (QED) is 0.781. The summed E-state index contributed by atoms with van der Waals surface area (Å²) < 4.78 is 9.89. The Balaban J connectivity index is 2.40. The molecule has 0 aliphatic carbocycles. The fourth-order valence-corrected chi connectivity index (χ4v) is 1.30. The minimum Gasteiger partial charge on any atom is -0.381 e. The monoisotopic (exact) mass is 223 g/mol. The second-order valence-corrected chi connectivity index (χ2v) is 3.38. The summed E-state index contributed by atoms with van der Waals surface area (Å²) in [6.07, 6.45) is -0.547. The molecule has 1 amide bonds. The average Bonchev–Trinajstić information content (AvgIpc) is 2.34. The van der Waals surface area contributed by atoms with Crippen molar-refractivity contribution in [2.24, 2.45) is 0 Å². The Morgan fingerprint density at radius 2 is 2.00 bits per heavy atom. The molecule has 0 bridgehead atoms. The molecule has 0 spiro atoms. The maximum Gasteiger partial charge on any atom is 0.251 e. The molecule has 0 unspecified atom stereocenters. The van der Waals surface area contributed by atoms with Gasteiger partial charge in [0.25, 0.3) is 5.91 Å².